The highest BCUT2D eigenvalue weighted by Crippen LogP contribution is 2.07. The quantitative estimate of drug-likeness (QED) is 0.692. The Morgan fingerprint density at radius 1 is 1.20 bits per heavy atom. The molecule has 0 aromatic heterocycles. The fourth-order valence-electron chi connectivity index (χ4n) is 1.45. The number of hydrogen-bond acceptors (Lipinski definition) is 3. The van der Waals surface area contributed by atoms with E-state index in [9.17, 15) is 0 Å². The lowest BCUT2D eigenvalue weighted by molar-refractivity contribution is 0.203. The summed E-state index contributed by atoms with van der Waals surface area (Å²) in [7, 11) is 2.23. The topological polar surface area (TPSA) is 15.3 Å². The van der Waals surface area contributed by atoms with E-state index in [1.807, 2.05) is 11.8 Å². The maximum Gasteiger partial charge on any atom is 0.0192 e. The first-order valence-corrected chi connectivity index (χ1v) is 7.36. The zero-order chi connectivity index (χ0) is 11.8. The van der Waals surface area contributed by atoms with E-state index in [1.165, 1.54) is 12.2 Å². The van der Waals surface area contributed by atoms with E-state index in [4.69, 9.17) is 0 Å². The lowest BCUT2D eigenvalue weighted by Gasteiger charge is -2.31. The van der Waals surface area contributed by atoms with Crippen molar-refractivity contribution in [3.8, 4) is 0 Å². The third-order valence-corrected chi connectivity index (χ3v) is 3.99. The first-order valence-electron chi connectivity index (χ1n) is 5.97. The Morgan fingerprint density at radius 3 is 2.27 bits per heavy atom. The second kappa shape index (κ2) is 8.43. The summed E-state index contributed by atoms with van der Waals surface area (Å²) < 4.78 is 0. The summed E-state index contributed by atoms with van der Waals surface area (Å²) in [5.74, 6) is 1.21. The van der Waals surface area contributed by atoms with Crippen LogP contribution in [0.15, 0.2) is 0 Å². The van der Waals surface area contributed by atoms with Crippen LogP contribution in [0.5, 0.6) is 0 Å². The minimum Gasteiger partial charge on any atom is -0.313 e. The lowest BCUT2D eigenvalue weighted by Crippen LogP contribution is -2.45. The van der Waals surface area contributed by atoms with E-state index in [1.54, 1.807) is 0 Å². The number of likely N-dealkylation sites (N-methyl/N-ethyl adjacent to an activating group) is 1. The number of nitrogens with zero attached hydrogens (tertiary/aromatic N) is 1. The predicted octanol–water partition coefficient (Wildman–Crippen LogP) is 2.45. The minimum absolute atomic E-state index is 0.612. The van der Waals surface area contributed by atoms with Crippen LogP contribution in [0.1, 0.15) is 34.1 Å². The zero-order valence-corrected chi connectivity index (χ0v) is 12.0. The van der Waals surface area contributed by atoms with Gasteiger partial charge in [0.2, 0.25) is 0 Å². The molecule has 92 valence electrons. The fraction of sp³-hybridized carbons (Fsp3) is 1.00. The molecule has 0 rings (SSSR count). The van der Waals surface area contributed by atoms with Gasteiger partial charge in [0, 0.05) is 30.4 Å². The van der Waals surface area contributed by atoms with Gasteiger partial charge in [-0.15, -0.1) is 0 Å². The van der Waals surface area contributed by atoms with Gasteiger partial charge in [0.1, 0.15) is 0 Å². The lowest BCUT2D eigenvalue weighted by atomic mass is 10.2. The van der Waals surface area contributed by atoms with E-state index in [2.05, 4.69) is 51.2 Å². The molecule has 0 saturated heterocycles. The smallest absolute Gasteiger partial charge is 0.0192 e. The zero-order valence-electron chi connectivity index (χ0n) is 11.2. The van der Waals surface area contributed by atoms with E-state index >= 15 is 0 Å². The molecule has 3 atom stereocenters. The molecule has 0 aliphatic carbocycles. The van der Waals surface area contributed by atoms with Crippen LogP contribution in [0.25, 0.3) is 0 Å². The summed E-state index contributed by atoms with van der Waals surface area (Å²) in [6.45, 7) is 10.2. The molecule has 0 aliphatic rings. The Morgan fingerprint density at radius 2 is 1.80 bits per heavy atom. The number of thioether (sulfide) groups is 1. The predicted molar refractivity (Wildman–Crippen MR) is 72.8 cm³/mol. The van der Waals surface area contributed by atoms with Gasteiger partial charge in [-0.05, 0) is 40.5 Å². The molecule has 0 saturated carbocycles. The molecule has 0 aliphatic heterocycles. The monoisotopic (exact) mass is 232 g/mol. The van der Waals surface area contributed by atoms with Crippen molar-refractivity contribution in [1.82, 2.24) is 10.2 Å². The number of hydrogen-bond donors (Lipinski definition) is 1. The van der Waals surface area contributed by atoms with Gasteiger partial charge in [-0.2, -0.15) is 11.8 Å². The molecular weight excluding hydrogens is 204 g/mol. The molecule has 2 nitrogen and oxygen atoms in total. The minimum atomic E-state index is 0.612. The average molecular weight is 232 g/mol. The first-order chi connectivity index (χ1) is 7.02. The molecule has 0 bridgehead atoms. The molecule has 0 radical (unpaired) electrons. The number of nitrogens with one attached hydrogen (secondary N) is 1. The molecule has 1 N–H and O–H groups in total. The molecule has 0 aromatic rings. The molecule has 0 heterocycles. The summed E-state index contributed by atoms with van der Waals surface area (Å²) in [5.41, 5.74) is 0. The Hall–Kier alpha value is 0.270. The summed E-state index contributed by atoms with van der Waals surface area (Å²) in [6.07, 6.45) is 3.38. The summed E-state index contributed by atoms with van der Waals surface area (Å²) in [6, 6.07) is 1.91. The standard InChI is InChI=1S/C12H28N2S/c1-7-10(2)13-8-11(3)14(5)12(4)9-15-6/h10-13H,7-9H2,1-6H3. The van der Waals surface area contributed by atoms with Gasteiger partial charge in [-0.25, -0.2) is 0 Å². The van der Waals surface area contributed by atoms with Crippen LogP contribution < -0.4 is 5.32 Å². The second-order valence-electron chi connectivity index (χ2n) is 4.54. The third kappa shape index (κ3) is 6.44. The van der Waals surface area contributed by atoms with Gasteiger partial charge >= 0.3 is 0 Å². The van der Waals surface area contributed by atoms with Crippen molar-refractivity contribution in [2.24, 2.45) is 0 Å². The molecule has 3 heteroatoms. The second-order valence-corrected chi connectivity index (χ2v) is 5.45. The molecule has 3 unspecified atom stereocenters. The van der Waals surface area contributed by atoms with Crippen molar-refractivity contribution in [3.63, 3.8) is 0 Å². The van der Waals surface area contributed by atoms with Crippen molar-refractivity contribution < 1.29 is 0 Å². The van der Waals surface area contributed by atoms with Crippen molar-refractivity contribution in [1.29, 1.82) is 0 Å². The Bertz CT molecular complexity index is 153. The van der Waals surface area contributed by atoms with Crippen LogP contribution >= 0.6 is 11.8 Å². The van der Waals surface area contributed by atoms with Crippen molar-refractivity contribution in [3.05, 3.63) is 0 Å². The van der Waals surface area contributed by atoms with Gasteiger partial charge in [0.05, 0.1) is 0 Å². The van der Waals surface area contributed by atoms with E-state index in [0.29, 0.717) is 18.1 Å². The van der Waals surface area contributed by atoms with Crippen LogP contribution in [0.2, 0.25) is 0 Å². The highest BCUT2D eigenvalue weighted by molar-refractivity contribution is 7.98. The maximum atomic E-state index is 3.56. The van der Waals surface area contributed by atoms with Crippen LogP contribution in [0, 0.1) is 0 Å². The van der Waals surface area contributed by atoms with Crippen LogP contribution in [0.3, 0.4) is 0 Å². The van der Waals surface area contributed by atoms with E-state index in [-0.39, 0.29) is 0 Å². The maximum absolute atomic E-state index is 3.56. The molecule has 15 heavy (non-hydrogen) atoms. The summed E-state index contributed by atoms with van der Waals surface area (Å²) >= 11 is 1.92. The van der Waals surface area contributed by atoms with Gasteiger partial charge in [0.15, 0.2) is 0 Å². The Balaban J connectivity index is 3.82. The molecule has 0 amide bonds. The van der Waals surface area contributed by atoms with Gasteiger partial charge in [-0.1, -0.05) is 6.92 Å². The third-order valence-electron chi connectivity index (χ3n) is 3.17. The first kappa shape index (κ1) is 15.3. The van der Waals surface area contributed by atoms with Crippen LogP contribution in [-0.4, -0.2) is 48.6 Å². The highest BCUT2D eigenvalue weighted by atomic mass is 32.2. The number of rotatable bonds is 8. The van der Waals surface area contributed by atoms with E-state index < -0.39 is 0 Å². The van der Waals surface area contributed by atoms with Gasteiger partial charge in [0.25, 0.3) is 0 Å². The molecule has 0 spiro atoms. The average Bonchev–Trinajstić information content (AvgIpc) is 2.24. The van der Waals surface area contributed by atoms with Gasteiger partial charge < -0.3 is 5.32 Å². The summed E-state index contributed by atoms with van der Waals surface area (Å²) in [4.78, 5) is 2.46. The van der Waals surface area contributed by atoms with E-state index in [0.717, 1.165) is 6.54 Å². The molecule has 0 fully saturated rings. The highest BCUT2D eigenvalue weighted by Gasteiger charge is 2.15. The molecule has 0 aromatic carbocycles. The van der Waals surface area contributed by atoms with Crippen LogP contribution in [0.4, 0.5) is 0 Å². The molecular formula is C12H28N2S. The SMILES string of the molecule is CCC(C)NCC(C)N(C)C(C)CSC. The Labute approximate surface area is 100 Å². The van der Waals surface area contributed by atoms with Crippen molar-refractivity contribution >= 4 is 11.8 Å². The van der Waals surface area contributed by atoms with Crippen molar-refractivity contribution in [2.45, 2.75) is 52.2 Å². The summed E-state index contributed by atoms with van der Waals surface area (Å²) in [5, 5.41) is 3.56. The largest absolute Gasteiger partial charge is 0.313 e. The Kier molecular flexibility index (Phi) is 8.58. The van der Waals surface area contributed by atoms with Crippen LogP contribution in [-0.2, 0) is 0 Å². The van der Waals surface area contributed by atoms with Crippen molar-refractivity contribution in [2.75, 3.05) is 25.6 Å². The van der Waals surface area contributed by atoms with Gasteiger partial charge in [-0.3, -0.25) is 4.90 Å². The fourth-order valence-corrected chi connectivity index (χ4v) is 2.17. The normalized spacial score (nSPS) is 17.8.